The Kier molecular flexibility index (Phi) is 4.54. The van der Waals surface area contributed by atoms with E-state index in [2.05, 4.69) is 28.0 Å². The van der Waals surface area contributed by atoms with Crippen LogP contribution >= 0.6 is 0 Å². The molecule has 0 saturated heterocycles. The van der Waals surface area contributed by atoms with Crippen molar-refractivity contribution in [3.05, 3.63) is 64.7 Å². The van der Waals surface area contributed by atoms with Crippen molar-refractivity contribution in [2.24, 2.45) is 0 Å². The molecule has 0 radical (unpaired) electrons. The minimum absolute atomic E-state index is 0.142. The first-order chi connectivity index (χ1) is 14.5. The molecule has 0 atom stereocenters. The fraction of sp³-hybridized carbons (Fsp3) is 0.417. The first kappa shape index (κ1) is 19.1. The summed E-state index contributed by atoms with van der Waals surface area (Å²) in [7, 11) is 0. The minimum atomic E-state index is -0.646. The molecule has 0 unspecified atom stereocenters. The number of para-hydroxylation sites is 1. The number of imidazole rings is 1. The van der Waals surface area contributed by atoms with Crippen LogP contribution in [0.25, 0.3) is 5.52 Å². The van der Waals surface area contributed by atoms with Gasteiger partial charge in [0.2, 0.25) is 0 Å². The number of nitrogens with zero attached hydrogens (tertiary/aromatic N) is 2. The Balaban J connectivity index is 1.52. The number of aryl methyl sites for hydroxylation is 1. The van der Waals surface area contributed by atoms with Crippen molar-refractivity contribution >= 4 is 11.4 Å². The highest BCUT2D eigenvalue weighted by Gasteiger charge is 2.35. The Hall–Kier alpha value is -2.86. The van der Waals surface area contributed by atoms with Crippen LogP contribution in [0.1, 0.15) is 65.6 Å². The van der Waals surface area contributed by atoms with E-state index in [9.17, 15) is 4.79 Å². The van der Waals surface area contributed by atoms with E-state index >= 15 is 0 Å². The molecule has 1 aliphatic carbocycles. The Morgan fingerprint density at radius 2 is 2.10 bits per heavy atom. The summed E-state index contributed by atoms with van der Waals surface area (Å²) < 4.78 is 8.05. The average Bonchev–Trinajstić information content (AvgIpc) is 3.51. The van der Waals surface area contributed by atoms with E-state index in [1.807, 2.05) is 44.3 Å². The summed E-state index contributed by atoms with van der Waals surface area (Å²) in [4.78, 5) is 18.4. The lowest BCUT2D eigenvalue weighted by Gasteiger charge is -2.26. The molecule has 1 saturated carbocycles. The van der Waals surface area contributed by atoms with Crippen molar-refractivity contribution in [2.45, 2.75) is 51.6 Å². The van der Waals surface area contributed by atoms with Gasteiger partial charge in [-0.3, -0.25) is 4.79 Å². The second kappa shape index (κ2) is 7.13. The third-order valence-electron chi connectivity index (χ3n) is 6.02. The summed E-state index contributed by atoms with van der Waals surface area (Å²) in [6, 6.07) is 9.92. The van der Waals surface area contributed by atoms with Crippen molar-refractivity contribution in [1.82, 2.24) is 20.0 Å². The summed E-state index contributed by atoms with van der Waals surface area (Å²) in [5, 5.41) is 6.54. The third-order valence-corrected chi connectivity index (χ3v) is 6.02. The van der Waals surface area contributed by atoms with Crippen LogP contribution in [-0.2, 0) is 12.1 Å². The SMILES string of the molecule is Cc1cccn2c(C(C)(C)NC(=O)c3cccc4c3OCCNC4)nc(C3CC3)c12. The van der Waals surface area contributed by atoms with Gasteiger partial charge in [-0.1, -0.05) is 18.2 Å². The summed E-state index contributed by atoms with van der Waals surface area (Å²) >= 11 is 0. The summed E-state index contributed by atoms with van der Waals surface area (Å²) in [5.74, 6) is 1.93. The maximum atomic E-state index is 13.3. The Bertz CT molecular complexity index is 1130. The van der Waals surface area contributed by atoms with Crippen molar-refractivity contribution in [1.29, 1.82) is 0 Å². The number of hydrogen-bond donors (Lipinski definition) is 2. The van der Waals surface area contributed by atoms with Gasteiger partial charge in [0.05, 0.1) is 22.3 Å². The molecule has 156 valence electrons. The molecule has 2 N–H and O–H groups in total. The van der Waals surface area contributed by atoms with Crippen LogP contribution < -0.4 is 15.4 Å². The van der Waals surface area contributed by atoms with E-state index < -0.39 is 5.54 Å². The van der Waals surface area contributed by atoms with Gasteiger partial charge >= 0.3 is 0 Å². The van der Waals surface area contributed by atoms with Crippen LogP contribution in [-0.4, -0.2) is 28.4 Å². The summed E-state index contributed by atoms with van der Waals surface area (Å²) in [6.45, 7) is 8.18. The largest absolute Gasteiger partial charge is 0.491 e. The van der Waals surface area contributed by atoms with Crippen LogP contribution in [0.3, 0.4) is 0 Å². The number of carbonyl (C=O) groups excluding carboxylic acids is 1. The van der Waals surface area contributed by atoms with Crippen LogP contribution in [0.5, 0.6) is 5.75 Å². The first-order valence-corrected chi connectivity index (χ1v) is 10.7. The number of fused-ring (bicyclic) bond motifs is 2. The number of amides is 1. The molecular weight excluding hydrogens is 376 g/mol. The summed E-state index contributed by atoms with van der Waals surface area (Å²) in [5.41, 5.74) is 4.50. The lowest BCUT2D eigenvalue weighted by Crippen LogP contribution is -2.42. The predicted molar refractivity (Wildman–Crippen MR) is 116 cm³/mol. The highest BCUT2D eigenvalue weighted by molar-refractivity contribution is 5.97. The number of aromatic nitrogens is 2. The van der Waals surface area contributed by atoms with Gasteiger partial charge in [0, 0.05) is 30.8 Å². The minimum Gasteiger partial charge on any atom is -0.491 e. The van der Waals surface area contributed by atoms with Crippen molar-refractivity contribution in [2.75, 3.05) is 13.2 Å². The predicted octanol–water partition coefficient (Wildman–Crippen LogP) is 3.67. The number of carbonyl (C=O) groups is 1. The normalized spacial score (nSPS) is 16.6. The van der Waals surface area contributed by atoms with E-state index in [-0.39, 0.29) is 5.91 Å². The molecule has 1 aliphatic heterocycles. The molecule has 1 fully saturated rings. The molecule has 6 heteroatoms. The molecule has 30 heavy (non-hydrogen) atoms. The molecule has 1 aromatic carbocycles. The van der Waals surface area contributed by atoms with Gasteiger partial charge in [-0.15, -0.1) is 0 Å². The summed E-state index contributed by atoms with van der Waals surface area (Å²) in [6.07, 6.45) is 4.43. The van der Waals surface area contributed by atoms with E-state index in [4.69, 9.17) is 9.72 Å². The molecule has 0 bridgehead atoms. The second-order valence-electron chi connectivity index (χ2n) is 8.90. The molecule has 3 aromatic rings. The number of ether oxygens (including phenoxy) is 1. The zero-order valence-corrected chi connectivity index (χ0v) is 17.8. The number of rotatable bonds is 4. The van der Waals surface area contributed by atoms with Crippen LogP contribution in [0.2, 0.25) is 0 Å². The van der Waals surface area contributed by atoms with E-state index in [1.54, 1.807) is 0 Å². The van der Waals surface area contributed by atoms with Gasteiger partial charge in [-0.25, -0.2) is 4.98 Å². The standard InChI is InChI=1S/C24H28N4O2/c1-15-6-5-12-28-20(15)19(16-9-10-16)26-23(28)24(2,3)27-22(29)18-8-4-7-17-14-25-11-13-30-21(17)18/h4-8,12,16,25H,9-11,13-14H2,1-3H3,(H,27,29). The number of benzene rings is 1. The van der Waals surface area contributed by atoms with Gasteiger partial charge in [0.15, 0.2) is 0 Å². The van der Waals surface area contributed by atoms with E-state index in [1.165, 1.54) is 23.9 Å². The number of pyridine rings is 1. The monoisotopic (exact) mass is 404 g/mol. The lowest BCUT2D eigenvalue weighted by atomic mass is 10.0. The highest BCUT2D eigenvalue weighted by Crippen LogP contribution is 2.43. The maximum Gasteiger partial charge on any atom is 0.255 e. The quantitative estimate of drug-likeness (QED) is 0.696. The maximum absolute atomic E-state index is 13.3. The molecule has 2 aromatic heterocycles. The number of hydrogen-bond acceptors (Lipinski definition) is 4. The zero-order chi connectivity index (χ0) is 20.9. The molecule has 2 aliphatic rings. The van der Waals surface area contributed by atoms with Crippen LogP contribution in [0.4, 0.5) is 0 Å². The fourth-order valence-corrected chi connectivity index (χ4v) is 4.35. The molecule has 6 nitrogen and oxygen atoms in total. The number of nitrogens with one attached hydrogen (secondary N) is 2. The average molecular weight is 405 g/mol. The van der Waals surface area contributed by atoms with Crippen molar-refractivity contribution in [3.8, 4) is 5.75 Å². The molecule has 0 spiro atoms. The van der Waals surface area contributed by atoms with Crippen molar-refractivity contribution < 1.29 is 9.53 Å². The Morgan fingerprint density at radius 3 is 2.90 bits per heavy atom. The Morgan fingerprint density at radius 1 is 1.27 bits per heavy atom. The molecule has 5 rings (SSSR count). The second-order valence-corrected chi connectivity index (χ2v) is 8.90. The zero-order valence-electron chi connectivity index (χ0n) is 17.8. The van der Waals surface area contributed by atoms with Gasteiger partial charge < -0.3 is 19.8 Å². The van der Waals surface area contributed by atoms with E-state index in [0.29, 0.717) is 30.4 Å². The third kappa shape index (κ3) is 3.25. The topological polar surface area (TPSA) is 67.7 Å². The highest BCUT2D eigenvalue weighted by atomic mass is 16.5. The molecular formula is C24H28N4O2. The van der Waals surface area contributed by atoms with Gasteiger partial charge in [-0.05, 0) is 51.3 Å². The van der Waals surface area contributed by atoms with E-state index in [0.717, 1.165) is 23.6 Å². The van der Waals surface area contributed by atoms with Gasteiger partial charge in [-0.2, -0.15) is 0 Å². The Labute approximate surface area is 176 Å². The smallest absolute Gasteiger partial charge is 0.255 e. The van der Waals surface area contributed by atoms with Gasteiger partial charge in [0.1, 0.15) is 18.2 Å². The van der Waals surface area contributed by atoms with Gasteiger partial charge in [0.25, 0.3) is 5.91 Å². The molecule has 3 heterocycles. The fourth-order valence-electron chi connectivity index (χ4n) is 4.35. The lowest BCUT2D eigenvalue weighted by molar-refractivity contribution is 0.0904. The molecule has 1 amide bonds. The van der Waals surface area contributed by atoms with Crippen LogP contribution in [0.15, 0.2) is 36.5 Å². The van der Waals surface area contributed by atoms with Crippen LogP contribution in [0, 0.1) is 6.92 Å². The van der Waals surface area contributed by atoms with Crippen molar-refractivity contribution in [3.63, 3.8) is 0 Å². The first-order valence-electron chi connectivity index (χ1n) is 10.7.